The Bertz CT molecular complexity index is 869. The van der Waals surface area contributed by atoms with Crippen LogP contribution in [0.15, 0.2) is 36.5 Å². The SMILES string of the molecule is CSC[C@]1(O)CC[C@@](F)(C(=O)NCc2ccc(F)cc2Cl)c2cccnc21. The summed E-state index contributed by atoms with van der Waals surface area (Å²) in [5, 5.41) is 13.6. The second-order valence-corrected chi connectivity index (χ2v) is 7.86. The Morgan fingerprint density at radius 3 is 2.89 bits per heavy atom. The van der Waals surface area contributed by atoms with Gasteiger partial charge in [0.15, 0.2) is 0 Å². The molecule has 1 aromatic carbocycles. The third-order valence-electron chi connectivity index (χ3n) is 4.76. The monoisotopic (exact) mass is 412 g/mol. The largest absolute Gasteiger partial charge is 0.383 e. The molecule has 2 atom stereocenters. The van der Waals surface area contributed by atoms with Crippen LogP contribution in [0.5, 0.6) is 0 Å². The number of thioether (sulfide) groups is 1. The van der Waals surface area contributed by atoms with Crippen molar-refractivity contribution in [2.75, 3.05) is 12.0 Å². The summed E-state index contributed by atoms with van der Waals surface area (Å²) in [6.07, 6.45) is 3.24. The predicted molar refractivity (Wildman–Crippen MR) is 102 cm³/mol. The molecule has 0 spiro atoms. The van der Waals surface area contributed by atoms with Gasteiger partial charge in [0.25, 0.3) is 5.91 Å². The van der Waals surface area contributed by atoms with E-state index < -0.39 is 23.0 Å². The summed E-state index contributed by atoms with van der Waals surface area (Å²) in [6.45, 7) is -0.0334. The lowest BCUT2D eigenvalue weighted by Crippen LogP contribution is -2.48. The van der Waals surface area contributed by atoms with Gasteiger partial charge in [0, 0.05) is 29.1 Å². The lowest BCUT2D eigenvalue weighted by Gasteiger charge is -2.39. The van der Waals surface area contributed by atoms with Crippen LogP contribution in [-0.4, -0.2) is 28.0 Å². The highest BCUT2D eigenvalue weighted by Crippen LogP contribution is 2.46. The summed E-state index contributed by atoms with van der Waals surface area (Å²) in [5.74, 6) is -0.958. The number of nitrogens with zero attached hydrogens (tertiary/aromatic N) is 1. The molecule has 0 saturated heterocycles. The van der Waals surface area contributed by atoms with Crippen molar-refractivity contribution in [2.24, 2.45) is 0 Å². The molecule has 0 bridgehead atoms. The average molecular weight is 413 g/mol. The van der Waals surface area contributed by atoms with Crippen LogP contribution in [-0.2, 0) is 22.6 Å². The van der Waals surface area contributed by atoms with E-state index in [-0.39, 0.29) is 35.7 Å². The first-order valence-electron chi connectivity index (χ1n) is 8.38. The molecule has 4 nitrogen and oxygen atoms in total. The number of nitrogens with one attached hydrogen (secondary N) is 1. The molecule has 0 aliphatic heterocycles. The first kappa shape index (κ1) is 20.0. The molecule has 2 aromatic rings. The second-order valence-electron chi connectivity index (χ2n) is 6.58. The number of fused-ring (bicyclic) bond motifs is 1. The Labute approximate surface area is 165 Å². The van der Waals surface area contributed by atoms with Gasteiger partial charge in [-0.2, -0.15) is 11.8 Å². The fourth-order valence-corrected chi connectivity index (χ4v) is 4.32. The first-order chi connectivity index (χ1) is 12.8. The van der Waals surface area contributed by atoms with E-state index in [0.29, 0.717) is 11.3 Å². The van der Waals surface area contributed by atoms with Gasteiger partial charge in [0.2, 0.25) is 5.67 Å². The highest BCUT2D eigenvalue weighted by molar-refractivity contribution is 7.98. The molecule has 2 N–H and O–H groups in total. The molecule has 0 radical (unpaired) electrons. The van der Waals surface area contributed by atoms with Crippen molar-refractivity contribution in [1.82, 2.24) is 10.3 Å². The van der Waals surface area contributed by atoms with E-state index in [2.05, 4.69) is 10.3 Å². The Hall–Kier alpha value is -1.70. The zero-order valence-electron chi connectivity index (χ0n) is 14.6. The van der Waals surface area contributed by atoms with Gasteiger partial charge >= 0.3 is 0 Å². The fourth-order valence-electron chi connectivity index (χ4n) is 3.32. The van der Waals surface area contributed by atoms with Crippen LogP contribution in [0.4, 0.5) is 8.78 Å². The summed E-state index contributed by atoms with van der Waals surface area (Å²) in [6, 6.07) is 6.83. The standard InChI is InChI=1S/C19H19ClF2N2O2S/c1-27-11-18(26)6-7-19(22,14-3-2-8-23-16(14)18)17(25)24-10-12-4-5-13(21)9-15(12)20/h2-5,8-9,26H,6-7,10-11H2,1H3,(H,24,25)/t18-,19+/m1/s1. The number of carbonyl (C=O) groups excluding carboxylic acids is 1. The molecule has 1 aromatic heterocycles. The van der Waals surface area contributed by atoms with E-state index in [9.17, 15) is 14.3 Å². The molecular formula is C19H19ClF2N2O2S. The zero-order chi connectivity index (χ0) is 19.7. The van der Waals surface area contributed by atoms with E-state index in [1.54, 1.807) is 6.07 Å². The number of rotatable bonds is 5. The maximum Gasteiger partial charge on any atom is 0.262 e. The van der Waals surface area contributed by atoms with Crippen LogP contribution >= 0.6 is 23.4 Å². The van der Waals surface area contributed by atoms with Crippen LogP contribution < -0.4 is 5.32 Å². The minimum atomic E-state index is -2.30. The highest BCUT2D eigenvalue weighted by Gasteiger charge is 2.51. The summed E-state index contributed by atoms with van der Waals surface area (Å²) in [7, 11) is 0. The first-order valence-corrected chi connectivity index (χ1v) is 10.2. The number of halogens is 3. The minimum absolute atomic E-state index is 0.0334. The Kier molecular flexibility index (Phi) is 5.74. The normalized spacial score (nSPS) is 24.3. The van der Waals surface area contributed by atoms with Gasteiger partial charge < -0.3 is 10.4 Å². The third-order valence-corrected chi connectivity index (χ3v) is 5.87. The predicted octanol–water partition coefficient (Wildman–Crippen LogP) is 3.70. The summed E-state index contributed by atoms with van der Waals surface area (Å²) < 4.78 is 28.9. The van der Waals surface area contributed by atoms with Crippen molar-refractivity contribution in [3.05, 3.63) is 64.2 Å². The van der Waals surface area contributed by atoms with Crippen molar-refractivity contribution in [3.63, 3.8) is 0 Å². The summed E-state index contributed by atoms with van der Waals surface area (Å²) in [5.41, 5.74) is -2.82. The lowest BCUT2D eigenvalue weighted by atomic mass is 9.75. The maximum absolute atomic E-state index is 15.7. The number of hydrogen-bond acceptors (Lipinski definition) is 4. The van der Waals surface area contributed by atoms with Gasteiger partial charge in [-0.3, -0.25) is 9.78 Å². The molecule has 1 amide bonds. The Balaban J connectivity index is 1.85. The highest BCUT2D eigenvalue weighted by atomic mass is 35.5. The smallest absolute Gasteiger partial charge is 0.262 e. The molecule has 8 heteroatoms. The van der Waals surface area contributed by atoms with Gasteiger partial charge in [0.1, 0.15) is 11.4 Å². The van der Waals surface area contributed by atoms with Crippen LogP contribution in [0.2, 0.25) is 5.02 Å². The second kappa shape index (κ2) is 7.73. The topological polar surface area (TPSA) is 62.2 Å². The fraction of sp³-hybridized carbons (Fsp3) is 0.368. The van der Waals surface area contributed by atoms with Gasteiger partial charge in [-0.25, -0.2) is 8.78 Å². The number of carbonyl (C=O) groups is 1. The van der Waals surface area contributed by atoms with Gasteiger partial charge in [-0.05, 0) is 42.9 Å². The number of aliphatic hydroxyl groups is 1. The third kappa shape index (κ3) is 3.81. The zero-order valence-corrected chi connectivity index (χ0v) is 16.2. The number of alkyl halides is 1. The molecule has 1 aliphatic rings. The number of amides is 1. The van der Waals surface area contributed by atoms with Crippen molar-refractivity contribution in [3.8, 4) is 0 Å². The van der Waals surface area contributed by atoms with Crippen LogP contribution in [0, 0.1) is 5.82 Å². The van der Waals surface area contributed by atoms with E-state index in [1.165, 1.54) is 36.2 Å². The number of aromatic nitrogens is 1. The van der Waals surface area contributed by atoms with Crippen molar-refractivity contribution in [2.45, 2.75) is 30.7 Å². The Morgan fingerprint density at radius 2 is 2.19 bits per heavy atom. The Morgan fingerprint density at radius 1 is 1.41 bits per heavy atom. The van der Waals surface area contributed by atoms with Crippen LogP contribution in [0.1, 0.15) is 29.7 Å². The molecule has 0 fully saturated rings. The summed E-state index contributed by atoms with van der Waals surface area (Å²) >= 11 is 7.39. The molecule has 0 saturated carbocycles. The van der Waals surface area contributed by atoms with Crippen molar-refractivity contribution < 1.29 is 18.7 Å². The lowest BCUT2D eigenvalue weighted by molar-refractivity contribution is -0.136. The minimum Gasteiger partial charge on any atom is -0.383 e. The number of hydrogen-bond donors (Lipinski definition) is 2. The molecule has 0 unspecified atom stereocenters. The summed E-state index contributed by atoms with van der Waals surface area (Å²) in [4.78, 5) is 16.9. The van der Waals surface area contributed by atoms with E-state index in [0.717, 1.165) is 6.07 Å². The maximum atomic E-state index is 15.7. The van der Waals surface area contributed by atoms with Gasteiger partial charge in [0.05, 0.1) is 5.69 Å². The van der Waals surface area contributed by atoms with Crippen LogP contribution in [0.3, 0.4) is 0 Å². The number of pyridine rings is 1. The average Bonchev–Trinajstić information content (AvgIpc) is 2.65. The molecule has 144 valence electrons. The molecule has 3 rings (SSSR count). The molecule has 1 aliphatic carbocycles. The van der Waals surface area contributed by atoms with E-state index >= 15 is 4.39 Å². The van der Waals surface area contributed by atoms with Crippen molar-refractivity contribution in [1.29, 1.82) is 0 Å². The van der Waals surface area contributed by atoms with E-state index in [4.69, 9.17) is 11.6 Å². The van der Waals surface area contributed by atoms with E-state index in [1.807, 2.05) is 6.26 Å². The quantitative estimate of drug-likeness (QED) is 0.786. The molecule has 27 heavy (non-hydrogen) atoms. The van der Waals surface area contributed by atoms with Gasteiger partial charge in [-0.1, -0.05) is 23.7 Å². The van der Waals surface area contributed by atoms with Crippen molar-refractivity contribution >= 4 is 29.3 Å². The molecule has 1 heterocycles. The van der Waals surface area contributed by atoms with Crippen LogP contribution in [0.25, 0.3) is 0 Å². The number of benzene rings is 1. The van der Waals surface area contributed by atoms with Gasteiger partial charge in [-0.15, -0.1) is 0 Å². The molecular weight excluding hydrogens is 394 g/mol.